The molecular weight excluding hydrogens is 845 g/mol. The minimum atomic E-state index is 1.13. The maximum atomic E-state index is 2.45. The molecule has 0 aliphatic rings. The molecule has 0 radical (unpaired) electrons. The Morgan fingerprint density at radius 1 is 0.171 bits per heavy atom. The van der Waals surface area contributed by atoms with E-state index >= 15 is 0 Å². The van der Waals surface area contributed by atoms with Gasteiger partial charge in [0.05, 0.1) is 22.1 Å². The Morgan fingerprint density at radius 2 is 0.443 bits per heavy atom. The minimum Gasteiger partial charge on any atom is -0.309 e. The quantitative estimate of drug-likeness (QED) is 0.141. The van der Waals surface area contributed by atoms with Crippen molar-refractivity contribution in [3.8, 4) is 67.0 Å². The van der Waals surface area contributed by atoms with Crippen LogP contribution < -0.4 is 0 Å². The van der Waals surface area contributed by atoms with Crippen molar-refractivity contribution < 1.29 is 0 Å². The Balaban J connectivity index is 0.906. The molecule has 2 nitrogen and oxygen atoms in total. The van der Waals surface area contributed by atoms with Gasteiger partial charge in [0, 0.05) is 32.9 Å². The van der Waals surface area contributed by atoms with E-state index in [2.05, 4.69) is 276 Å². The first-order valence-electron chi connectivity index (χ1n) is 24.2. The fraction of sp³-hybridized carbons (Fsp3) is 0. The van der Waals surface area contributed by atoms with Crippen LogP contribution in [0.15, 0.2) is 267 Å². The van der Waals surface area contributed by atoms with Gasteiger partial charge in [-0.2, -0.15) is 0 Å². The molecule has 2 aromatic heterocycles. The predicted octanol–water partition coefficient (Wildman–Crippen LogP) is 18.5. The van der Waals surface area contributed by atoms with Gasteiger partial charge in [-0.25, -0.2) is 0 Å². The number of hydrogen-bond donors (Lipinski definition) is 0. The lowest BCUT2D eigenvalue weighted by molar-refractivity contribution is 1.18. The van der Waals surface area contributed by atoms with Gasteiger partial charge in [-0.1, -0.05) is 206 Å². The molecule has 0 amide bonds. The van der Waals surface area contributed by atoms with Crippen LogP contribution in [0.2, 0.25) is 0 Å². The number of nitrogens with zero attached hydrogens (tertiary/aromatic N) is 2. The van der Waals surface area contributed by atoms with Crippen molar-refractivity contribution in [2.75, 3.05) is 0 Å². The summed E-state index contributed by atoms with van der Waals surface area (Å²) in [5, 5.41) is 10.0. The summed E-state index contributed by atoms with van der Waals surface area (Å²) < 4.78 is 4.83. The average molecular weight is 889 g/mol. The maximum absolute atomic E-state index is 2.45. The highest BCUT2D eigenvalue weighted by Gasteiger charge is 2.19. The van der Waals surface area contributed by atoms with E-state index in [1.54, 1.807) is 0 Å². The molecule has 0 N–H and O–H groups in total. The van der Waals surface area contributed by atoms with Gasteiger partial charge in [-0.15, -0.1) is 0 Å². The van der Waals surface area contributed by atoms with E-state index in [1.807, 2.05) is 0 Å². The molecule has 0 spiro atoms. The molecule has 2 heterocycles. The Hall–Kier alpha value is -9.24. The molecule has 2 heteroatoms. The largest absolute Gasteiger partial charge is 0.309 e. The van der Waals surface area contributed by atoms with Crippen molar-refractivity contribution in [1.29, 1.82) is 0 Å². The first-order valence-corrected chi connectivity index (χ1v) is 24.2. The molecule has 0 saturated carbocycles. The number of hydrogen-bond acceptors (Lipinski definition) is 0. The van der Waals surface area contributed by atoms with E-state index in [9.17, 15) is 0 Å². The smallest absolute Gasteiger partial charge is 0.0541 e. The van der Waals surface area contributed by atoms with E-state index in [0.29, 0.717) is 0 Å². The van der Waals surface area contributed by atoms with Gasteiger partial charge in [0.1, 0.15) is 0 Å². The first kappa shape index (κ1) is 39.9. The second kappa shape index (κ2) is 16.2. The lowest BCUT2D eigenvalue weighted by Gasteiger charge is -2.18. The van der Waals surface area contributed by atoms with Crippen molar-refractivity contribution in [2.24, 2.45) is 0 Å². The number of aromatic nitrogens is 2. The molecule has 14 aromatic rings. The van der Waals surface area contributed by atoms with E-state index in [4.69, 9.17) is 0 Å². The van der Waals surface area contributed by atoms with E-state index in [0.717, 1.165) is 11.4 Å². The maximum Gasteiger partial charge on any atom is 0.0541 e. The molecule has 0 aliphatic carbocycles. The second-order valence-electron chi connectivity index (χ2n) is 18.4. The highest BCUT2D eigenvalue weighted by Crippen LogP contribution is 2.45. The molecule has 0 unspecified atom stereocenters. The van der Waals surface area contributed by atoms with Crippen LogP contribution in [-0.4, -0.2) is 9.13 Å². The average Bonchev–Trinajstić information content (AvgIpc) is 3.95. The minimum absolute atomic E-state index is 1.13. The monoisotopic (exact) mass is 888 g/mol. The number of benzene rings is 12. The Labute approximate surface area is 406 Å². The molecule has 12 aromatic carbocycles. The second-order valence-corrected chi connectivity index (χ2v) is 18.4. The molecule has 0 bridgehead atoms. The van der Waals surface area contributed by atoms with Gasteiger partial charge in [0.25, 0.3) is 0 Å². The molecular formula is C68H44N2. The summed E-state index contributed by atoms with van der Waals surface area (Å²) in [5.41, 5.74) is 19.2. The lowest BCUT2D eigenvalue weighted by atomic mass is 9.86. The number of rotatable bonds is 7. The third-order valence-electron chi connectivity index (χ3n) is 14.5. The van der Waals surface area contributed by atoms with Crippen LogP contribution in [0.5, 0.6) is 0 Å². The Morgan fingerprint density at radius 3 is 0.871 bits per heavy atom. The third kappa shape index (κ3) is 6.42. The van der Waals surface area contributed by atoms with E-state index < -0.39 is 0 Å². The van der Waals surface area contributed by atoms with Crippen LogP contribution in [0, 0.1) is 0 Å². The zero-order valence-electron chi connectivity index (χ0n) is 38.3. The standard InChI is InChI=1S/C68H44N2/c1-3-15-45(16-4-1)46-27-29-47(30-28-46)51-35-41-65-61(43-51)62-44-52(48-31-37-53(38-32-48)69-63-25-13-11-19-55(63)56-20-12-14-26-64(56)69)36-42-66(62)70(65)54-39-33-50(34-40-54)68-59-23-9-7-21-57(59)67(49-17-5-2-6-18-49)58-22-8-10-24-60(58)68/h1-44H. The van der Waals surface area contributed by atoms with Crippen molar-refractivity contribution >= 4 is 65.2 Å². The highest BCUT2D eigenvalue weighted by atomic mass is 15.0. The molecule has 70 heavy (non-hydrogen) atoms. The SMILES string of the molecule is c1ccc(-c2ccc(-c3ccc4c(c3)c3cc(-c5ccc(-n6c7ccccc7c7ccccc76)cc5)ccc3n4-c3ccc(-c4c5ccccc5c(-c5ccccc5)c5ccccc45)cc3)cc2)cc1. The van der Waals surface area contributed by atoms with Crippen LogP contribution in [0.4, 0.5) is 0 Å². The lowest BCUT2D eigenvalue weighted by Crippen LogP contribution is -1.95. The summed E-state index contributed by atoms with van der Waals surface area (Å²) in [6, 6.07) is 97.9. The zero-order chi connectivity index (χ0) is 46.1. The fourth-order valence-electron chi connectivity index (χ4n) is 11.3. The number of para-hydroxylation sites is 2. The van der Waals surface area contributed by atoms with Crippen molar-refractivity contribution in [1.82, 2.24) is 9.13 Å². The van der Waals surface area contributed by atoms with E-state index in [-0.39, 0.29) is 0 Å². The summed E-state index contributed by atoms with van der Waals surface area (Å²) in [6.45, 7) is 0. The van der Waals surface area contributed by atoms with Gasteiger partial charge < -0.3 is 9.13 Å². The summed E-state index contributed by atoms with van der Waals surface area (Å²) in [4.78, 5) is 0. The molecule has 0 fully saturated rings. The molecule has 0 aliphatic heterocycles. The van der Waals surface area contributed by atoms with Crippen LogP contribution in [0.1, 0.15) is 0 Å². The third-order valence-corrected chi connectivity index (χ3v) is 14.5. The summed E-state index contributed by atoms with van der Waals surface area (Å²) in [5.74, 6) is 0. The molecule has 14 rings (SSSR count). The van der Waals surface area contributed by atoms with Gasteiger partial charge in [0.15, 0.2) is 0 Å². The van der Waals surface area contributed by atoms with Gasteiger partial charge >= 0.3 is 0 Å². The number of fused-ring (bicyclic) bond motifs is 8. The Bertz CT molecular complexity index is 4180. The van der Waals surface area contributed by atoms with Crippen molar-refractivity contribution in [3.63, 3.8) is 0 Å². The van der Waals surface area contributed by atoms with Crippen LogP contribution in [0.25, 0.3) is 132 Å². The summed E-state index contributed by atoms with van der Waals surface area (Å²) in [7, 11) is 0. The summed E-state index contributed by atoms with van der Waals surface area (Å²) in [6.07, 6.45) is 0. The molecule has 0 atom stereocenters. The normalized spacial score (nSPS) is 11.7. The molecule has 0 saturated heterocycles. The highest BCUT2D eigenvalue weighted by molar-refractivity contribution is 6.21. The Kier molecular flexibility index (Phi) is 9.25. The summed E-state index contributed by atoms with van der Waals surface area (Å²) >= 11 is 0. The zero-order valence-corrected chi connectivity index (χ0v) is 38.3. The predicted molar refractivity (Wildman–Crippen MR) is 297 cm³/mol. The molecule has 326 valence electrons. The van der Waals surface area contributed by atoms with Crippen LogP contribution in [0.3, 0.4) is 0 Å². The fourth-order valence-corrected chi connectivity index (χ4v) is 11.3. The van der Waals surface area contributed by atoms with Crippen LogP contribution in [-0.2, 0) is 0 Å². The van der Waals surface area contributed by atoms with Crippen molar-refractivity contribution in [3.05, 3.63) is 267 Å². The van der Waals surface area contributed by atoms with Gasteiger partial charge in [-0.05, 0) is 138 Å². The topological polar surface area (TPSA) is 9.86 Å². The van der Waals surface area contributed by atoms with Gasteiger partial charge in [-0.3, -0.25) is 0 Å². The van der Waals surface area contributed by atoms with E-state index in [1.165, 1.54) is 121 Å². The van der Waals surface area contributed by atoms with Crippen LogP contribution >= 0.6 is 0 Å². The first-order chi connectivity index (χ1) is 34.7. The van der Waals surface area contributed by atoms with Gasteiger partial charge in [0.2, 0.25) is 0 Å². The van der Waals surface area contributed by atoms with Crippen molar-refractivity contribution in [2.45, 2.75) is 0 Å².